The van der Waals surface area contributed by atoms with Crippen LogP contribution in [0.4, 0.5) is 4.39 Å². The average Bonchev–Trinajstić information content (AvgIpc) is 3.48. The molecule has 43 heavy (non-hydrogen) atoms. The minimum absolute atomic E-state index is 0.0151. The van der Waals surface area contributed by atoms with Crippen molar-refractivity contribution in [2.75, 3.05) is 26.3 Å². The summed E-state index contributed by atoms with van der Waals surface area (Å²) in [5.74, 6) is -0.491. The second-order valence-electron chi connectivity index (χ2n) is 11.3. The van der Waals surface area contributed by atoms with Crippen LogP contribution in [-0.2, 0) is 31.5 Å². The van der Waals surface area contributed by atoms with Gasteiger partial charge in [-0.1, -0.05) is 67.9 Å². The van der Waals surface area contributed by atoms with Gasteiger partial charge in [-0.15, -0.1) is 0 Å². The zero-order chi connectivity index (χ0) is 31.2. The first-order valence-electron chi connectivity index (χ1n) is 14.2. The average molecular weight is 633 g/mol. The van der Waals surface area contributed by atoms with E-state index < -0.39 is 27.5 Å². The Morgan fingerprint density at radius 1 is 1.14 bits per heavy atom. The number of carbonyl (C=O) groups excluding carboxylic acids is 1. The summed E-state index contributed by atoms with van der Waals surface area (Å²) in [5.41, 5.74) is -0.00516. The van der Waals surface area contributed by atoms with Crippen molar-refractivity contribution in [2.45, 2.75) is 56.3 Å². The number of nitrogens with zero attached hydrogens (tertiary/aromatic N) is 1. The Kier molecular flexibility index (Phi) is 10.8. The maximum Gasteiger partial charge on any atom is 0.243 e. The molecule has 1 heterocycles. The molecule has 3 aromatic carbocycles. The van der Waals surface area contributed by atoms with E-state index in [1.54, 1.807) is 31.2 Å². The predicted molar refractivity (Wildman–Crippen MR) is 163 cm³/mol. The molecular formula is C32H38ClFN2O6S. The Morgan fingerprint density at radius 2 is 1.84 bits per heavy atom. The lowest BCUT2D eigenvalue weighted by atomic mass is 9.85. The van der Waals surface area contributed by atoms with Crippen LogP contribution in [0.3, 0.4) is 0 Å². The molecule has 8 nitrogen and oxygen atoms in total. The molecule has 1 aliphatic rings. The van der Waals surface area contributed by atoms with Crippen LogP contribution in [0.15, 0.2) is 77.7 Å². The van der Waals surface area contributed by atoms with Gasteiger partial charge in [0.05, 0.1) is 41.2 Å². The van der Waals surface area contributed by atoms with Crippen molar-refractivity contribution in [2.24, 2.45) is 5.92 Å². The Morgan fingerprint density at radius 3 is 2.44 bits per heavy atom. The SMILES string of the molecule is CC(C)CN(C[C@@H](O)[C@@](C)(NC(=O)Cc1ccc(O[C@H]2CCOC2)cc1)c1ccccc1)S(=O)(=O)c1ccc(F)c(Cl)c1. The van der Waals surface area contributed by atoms with Gasteiger partial charge in [-0.05, 0) is 54.3 Å². The molecule has 4 rings (SSSR count). The molecular weight excluding hydrogens is 595 g/mol. The number of sulfonamides is 1. The number of aliphatic hydroxyl groups is 1. The zero-order valence-electron chi connectivity index (χ0n) is 24.5. The second kappa shape index (κ2) is 14.2. The number of rotatable bonds is 13. The number of hydrogen-bond acceptors (Lipinski definition) is 6. The van der Waals surface area contributed by atoms with Crippen LogP contribution in [0, 0.1) is 11.7 Å². The lowest BCUT2D eigenvalue weighted by Gasteiger charge is -2.38. The smallest absolute Gasteiger partial charge is 0.243 e. The van der Waals surface area contributed by atoms with Crippen LogP contribution in [0.25, 0.3) is 0 Å². The summed E-state index contributed by atoms with van der Waals surface area (Å²) in [5, 5.41) is 14.3. The van der Waals surface area contributed by atoms with E-state index >= 15 is 0 Å². The van der Waals surface area contributed by atoms with Gasteiger partial charge in [-0.3, -0.25) is 4.79 Å². The number of aliphatic hydroxyl groups excluding tert-OH is 1. The largest absolute Gasteiger partial charge is 0.488 e. The van der Waals surface area contributed by atoms with E-state index in [1.807, 2.05) is 44.2 Å². The van der Waals surface area contributed by atoms with Gasteiger partial charge in [-0.2, -0.15) is 4.31 Å². The summed E-state index contributed by atoms with van der Waals surface area (Å²) in [4.78, 5) is 13.2. The standard InChI is InChI=1S/C32H38ClFN2O6S/c1-22(2)19-36(43(39,40)27-13-14-29(34)28(33)18-27)20-30(37)32(3,24-7-5-4-6-8-24)35-31(38)17-23-9-11-25(12-10-23)42-26-15-16-41-21-26/h4-14,18,22,26,30,37H,15-17,19-21H2,1-3H3,(H,35,38)/t26-,30+,32-/m0/s1. The molecule has 232 valence electrons. The quantitative estimate of drug-likeness (QED) is 0.277. The lowest BCUT2D eigenvalue weighted by molar-refractivity contribution is -0.124. The molecule has 2 N–H and O–H groups in total. The van der Waals surface area contributed by atoms with Gasteiger partial charge >= 0.3 is 0 Å². The first-order valence-corrected chi connectivity index (χ1v) is 16.0. The Balaban J connectivity index is 1.55. The fraction of sp³-hybridized carbons (Fsp3) is 0.406. The summed E-state index contributed by atoms with van der Waals surface area (Å²) in [6.07, 6.45) is -0.476. The van der Waals surface area contributed by atoms with Crippen LogP contribution < -0.4 is 10.1 Å². The first kappa shape index (κ1) is 32.9. The van der Waals surface area contributed by atoms with Crippen molar-refractivity contribution in [1.29, 1.82) is 0 Å². The third kappa shape index (κ3) is 8.33. The molecule has 0 saturated carbocycles. The highest BCUT2D eigenvalue weighted by Gasteiger charge is 2.40. The fourth-order valence-corrected chi connectivity index (χ4v) is 6.86. The van der Waals surface area contributed by atoms with Gasteiger partial charge < -0.3 is 19.9 Å². The minimum Gasteiger partial charge on any atom is -0.488 e. The van der Waals surface area contributed by atoms with Crippen LogP contribution in [0.2, 0.25) is 5.02 Å². The van der Waals surface area contributed by atoms with Gasteiger partial charge in [-0.25, -0.2) is 12.8 Å². The van der Waals surface area contributed by atoms with Gasteiger partial charge in [0.1, 0.15) is 17.7 Å². The van der Waals surface area contributed by atoms with Crippen molar-refractivity contribution in [3.8, 4) is 5.75 Å². The highest BCUT2D eigenvalue weighted by Crippen LogP contribution is 2.29. The van der Waals surface area contributed by atoms with Crippen LogP contribution >= 0.6 is 11.6 Å². The van der Waals surface area contributed by atoms with E-state index in [4.69, 9.17) is 21.1 Å². The third-order valence-corrected chi connectivity index (χ3v) is 9.51. The lowest BCUT2D eigenvalue weighted by Crippen LogP contribution is -2.56. The molecule has 3 atom stereocenters. The number of carbonyl (C=O) groups is 1. The number of ether oxygens (including phenoxy) is 2. The van der Waals surface area contributed by atoms with E-state index in [2.05, 4.69) is 5.32 Å². The second-order valence-corrected chi connectivity index (χ2v) is 13.7. The molecule has 0 unspecified atom stereocenters. The molecule has 0 spiro atoms. The molecule has 11 heteroatoms. The molecule has 1 amide bonds. The van der Waals surface area contributed by atoms with Crippen LogP contribution in [-0.4, -0.2) is 62.2 Å². The van der Waals surface area contributed by atoms with Crippen molar-refractivity contribution in [3.05, 3.63) is 94.8 Å². The van der Waals surface area contributed by atoms with Gasteiger partial charge in [0, 0.05) is 19.5 Å². The zero-order valence-corrected chi connectivity index (χ0v) is 26.1. The normalized spacial score (nSPS) is 17.5. The van der Waals surface area contributed by atoms with Gasteiger partial charge in [0.15, 0.2) is 0 Å². The van der Waals surface area contributed by atoms with E-state index in [9.17, 15) is 22.7 Å². The summed E-state index contributed by atoms with van der Waals surface area (Å²) >= 11 is 5.89. The van der Waals surface area contributed by atoms with Crippen LogP contribution in [0.5, 0.6) is 5.75 Å². The maximum atomic E-state index is 13.8. The summed E-state index contributed by atoms with van der Waals surface area (Å²) in [6.45, 7) is 6.34. The van der Waals surface area contributed by atoms with Gasteiger partial charge in [0.25, 0.3) is 0 Å². The number of hydrogen-bond donors (Lipinski definition) is 2. The Bertz CT molecular complexity index is 1480. The molecule has 1 fully saturated rings. The molecule has 0 radical (unpaired) electrons. The number of nitrogens with one attached hydrogen (secondary N) is 1. The number of amides is 1. The molecule has 0 aromatic heterocycles. The first-order chi connectivity index (χ1) is 20.4. The molecule has 1 aliphatic heterocycles. The van der Waals surface area contributed by atoms with Crippen molar-refractivity contribution in [1.82, 2.24) is 9.62 Å². The van der Waals surface area contributed by atoms with Gasteiger partial charge in [0.2, 0.25) is 15.9 Å². The third-order valence-electron chi connectivity index (χ3n) is 7.39. The highest BCUT2D eigenvalue weighted by atomic mass is 35.5. The molecule has 3 aromatic rings. The Hall–Kier alpha value is -3.02. The predicted octanol–water partition coefficient (Wildman–Crippen LogP) is 4.93. The molecule has 0 bridgehead atoms. The van der Waals surface area contributed by atoms with E-state index in [0.717, 1.165) is 34.5 Å². The molecule has 1 saturated heterocycles. The molecule has 0 aliphatic carbocycles. The van der Waals surface area contributed by atoms with E-state index in [0.29, 0.717) is 24.5 Å². The topological polar surface area (TPSA) is 105 Å². The summed E-state index contributed by atoms with van der Waals surface area (Å²) < 4.78 is 53.5. The number of benzene rings is 3. The summed E-state index contributed by atoms with van der Waals surface area (Å²) in [7, 11) is -4.17. The summed E-state index contributed by atoms with van der Waals surface area (Å²) in [6, 6.07) is 19.3. The fourth-order valence-electron chi connectivity index (χ4n) is 4.98. The van der Waals surface area contributed by atoms with E-state index in [-0.39, 0.29) is 47.4 Å². The van der Waals surface area contributed by atoms with Crippen molar-refractivity contribution >= 4 is 27.5 Å². The van der Waals surface area contributed by atoms with Crippen LogP contribution in [0.1, 0.15) is 38.3 Å². The van der Waals surface area contributed by atoms with E-state index in [1.165, 1.54) is 0 Å². The monoisotopic (exact) mass is 632 g/mol. The maximum absolute atomic E-state index is 13.8. The van der Waals surface area contributed by atoms with Crippen molar-refractivity contribution in [3.63, 3.8) is 0 Å². The highest BCUT2D eigenvalue weighted by molar-refractivity contribution is 7.89. The Labute approximate surface area is 257 Å². The van der Waals surface area contributed by atoms with Crippen molar-refractivity contribution < 1.29 is 32.2 Å². The number of halogens is 2. The minimum atomic E-state index is -4.17.